The smallest absolute Gasteiger partial charge is 0.355 e. The van der Waals surface area contributed by atoms with E-state index in [1.54, 1.807) is 18.5 Å². The number of aromatic nitrogens is 2. The molecule has 104 valence electrons. The fourth-order valence-corrected chi connectivity index (χ4v) is 2.10. The third-order valence-corrected chi connectivity index (χ3v) is 3.20. The molecule has 2 aromatic heterocycles. The van der Waals surface area contributed by atoms with Gasteiger partial charge < -0.3 is 15.7 Å². The van der Waals surface area contributed by atoms with Crippen LogP contribution in [0.4, 0.5) is 4.79 Å². The minimum absolute atomic E-state index is 0.0115. The summed E-state index contributed by atoms with van der Waals surface area (Å²) in [6.45, 7) is 0.564. The number of carboxylic acids is 1. The van der Waals surface area contributed by atoms with E-state index in [2.05, 4.69) is 20.6 Å². The minimum atomic E-state index is -1.08. The molecule has 0 spiro atoms. The molecule has 0 atom stereocenters. The molecule has 0 aliphatic rings. The Morgan fingerprint density at radius 3 is 2.75 bits per heavy atom. The molecule has 2 rings (SSSR count). The van der Waals surface area contributed by atoms with Crippen molar-refractivity contribution < 1.29 is 14.7 Å². The first-order chi connectivity index (χ1) is 9.65. The Morgan fingerprint density at radius 2 is 2.10 bits per heavy atom. The van der Waals surface area contributed by atoms with Crippen molar-refractivity contribution in [3.8, 4) is 0 Å². The highest BCUT2D eigenvalue weighted by Gasteiger charge is 2.09. The zero-order valence-corrected chi connectivity index (χ0v) is 11.2. The van der Waals surface area contributed by atoms with Crippen LogP contribution < -0.4 is 10.6 Å². The summed E-state index contributed by atoms with van der Waals surface area (Å²) in [5.74, 6) is -1.08. The average molecular weight is 292 g/mol. The number of rotatable bonds is 5. The summed E-state index contributed by atoms with van der Waals surface area (Å²) in [5, 5.41) is 16.0. The number of carbonyl (C=O) groups is 2. The van der Waals surface area contributed by atoms with E-state index in [9.17, 15) is 9.59 Å². The van der Waals surface area contributed by atoms with Crippen LogP contribution in [0, 0.1) is 0 Å². The van der Waals surface area contributed by atoms with Crippen molar-refractivity contribution in [2.75, 3.05) is 0 Å². The maximum Gasteiger partial charge on any atom is 0.355 e. The van der Waals surface area contributed by atoms with Gasteiger partial charge in [-0.1, -0.05) is 6.07 Å². The molecular formula is C12H12N4O3S. The van der Waals surface area contributed by atoms with E-state index >= 15 is 0 Å². The predicted octanol–water partition coefficient (Wildman–Crippen LogP) is 1.24. The average Bonchev–Trinajstić information content (AvgIpc) is 2.93. The number of pyridine rings is 1. The summed E-state index contributed by atoms with van der Waals surface area (Å²) in [6, 6.07) is 3.30. The van der Waals surface area contributed by atoms with Crippen molar-refractivity contribution in [2.24, 2.45) is 0 Å². The lowest BCUT2D eigenvalue weighted by Gasteiger charge is -2.05. The highest BCUT2D eigenvalue weighted by Crippen LogP contribution is 2.09. The summed E-state index contributed by atoms with van der Waals surface area (Å²) in [6.07, 6.45) is 3.33. The number of carboxylic acid groups (broad SMARTS) is 1. The zero-order chi connectivity index (χ0) is 14.4. The highest BCUT2D eigenvalue weighted by molar-refractivity contribution is 7.09. The third-order valence-electron chi connectivity index (χ3n) is 2.35. The van der Waals surface area contributed by atoms with Gasteiger partial charge in [0.1, 0.15) is 5.01 Å². The minimum Gasteiger partial charge on any atom is -0.476 e. The van der Waals surface area contributed by atoms with E-state index in [1.807, 2.05) is 6.07 Å². The quantitative estimate of drug-likeness (QED) is 0.769. The Hall–Kier alpha value is -2.48. The first-order valence-electron chi connectivity index (χ1n) is 5.73. The van der Waals surface area contributed by atoms with Crippen LogP contribution in [0.25, 0.3) is 0 Å². The predicted molar refractivity (Wildman–Crippen MR) is 72.4 cm³/mol. The second-order valence-corrected chi connectivity index (χ2v) is 4.77. The number of urea groups is 1. The van der Waals surface area contributed by atoms with Gasteiger partial charge in [0.05, 0.1) is 6.54 Å². The lowest BCUT2D eigenvalue weighted by molar-refractivity contribution is 0.0691. The van der Waals surface area contributed by atoms with Crippen LogP contribution >= 0.6 is 11.3 Å². The van der Waals surface area contributed by atoms with E-state index in [0.717, 1.165) is 5.56 Å². The normalized spacial score (nSPS) is 10.0. The molecule has 0 bridgehead atoms. The number of thiazole rings is 1. The van der Waals surface area contributed by atoms with E-state index in [0.29, 0.717) is 11.6 Å². The van der Waals surface area contributed by atoms with Crippen LogP contribution in [-0.4, -0.2) is 27.1 Å². The molecule has 2 heterocycles. The Morgan fingerprint density at radius 1 is 1.30 bits per heavy atom. The maximum absolute atomic E-state index is 11.5. The van der Waals surface area contributed by atoms with Gasteiger partial charge in [-0.25, -0.2) is 14.6 Å². The summed E-state index contributed by atoms with van der Waals surface area (Å²) >= 11 is 1.19. The fraction of sp³-hybridized carbons (Fsp3) is 0.167. The van der Waals surface area contributed by atoms with Gasteiger partial charge in [-0.2, -0.15) is 0 Å². The molecule has 2 aromatic rings. The van der Waals surface area contributed by atoms with E-state index in [4.69, 9.17) is 5.11 Å². The number of nitrogens with one attached hydrogen (secondary N) is 2. The molecule has 0 unspecified atom stereocenters. The van der Waals surface area contributed by atoms with Crippen molar-refractivity contribution >= 4 is 23.3 Å². The molecule has 0 aromatic carbocycles. The summed E-state index contributed by atoms with van der Waals surface area (Å²) in [7, 11) is 0. The summed E-state index contributed by atoms with van der Waals surface area (Å²) < 4.78 is 0. The van der Waals surface area contributed by atoms with Gasteiger partial charge in [0, 0.05) is 24.3 Å². The monoisotopic (exact) mass is 292 g/mol. The molecule has 7 nitrogen and oxygen atoms in total. The van der Waals surface area contributed by atoms with Gasteiger partial charge in [0.25, 0.3) is 0 Å². The van der Waals surface area contributed by atoms with Crippen LogP contribution in [0.1, 0.15) is 21.1 Å². The highest BCUT2D eigenvalue weighted by atomic mass is 32.1. The Labute approximate surface area is 118 Å². The van der Waals surface area contributed by atoms with Crippen LogP contribution in [0.15, 0.2) is 29.9 Å². The Kier molecular flexibility index (Phi) is 4.61. The maximum atomic E-state index is 11.5. The molecule has 0 radical (unpaired) electrons. The topological polar surface area (TPSA) is 104 Å². The van der Waals surface area contributed by atoms with Crippen molar-refractivity contribution in [3.63, 3.8) is 0 Å². The van der Waals surface area contributed by atoms with Crippen molar-refractivity contribution in [3.05, 3.63) is 46.2 Å². The molecule has 0 aliphatic carbocycles. The van der Waals surface area contributed by atoms with Gasteiger partial charge in [0.2, 0.25) is 0 Å². The molecular weight excluding hydrogens is 280 g/mol. The Balaban J connectivity index is 1.76. The lowest BCUT2D eigenvalue weighted by atomic mass is 10.3. The third kappa shape index (κ3) is 4.02. The number of amides is 2. The summed E-state index contributed by atoms with van der Waals surface area (Å²) in [4.78, 5) is 30.0. The van der Waals surface area contributed by atoms with Crippen LogP contribution in [0.5, 0.6) is 0 Å². The van der Waals surface area contributed by atoms with Crippen LogP contribution in [-0.2, 0) is 13.1 Å². The summed E-state index contributed by atoms with van der Waals surface area (Å²) in [5.41, 5.74) is 0.882. The number of nitrogens with zero attached hydrogens (tertiary/aromatic N) is 2. The molecule has 8 heteroatoms. The molecule has 20 heavy (non-hydrogen) atoms. The molecule has 0 aliphatic heterocycles. The second-order valence-electron chi connectivity index (χ2n) is 3.83. The van der Waals surface area contributed by atoms with Gasteiger partial charge in [-0.15, -0.1) is 11.3 Å². The lowest BCUT2D eigenvalue weighted by Crippen LogP contribution is -2.34. The number of aromatic carboxylic acids is 1. The molecule has 3 N–H and O–H groups in total. The standard InChI is InChI=1S/C12H12N4O3S/c17-11(18)9-7-20-10(16-9)6-15-12(19)14-5-8-2-1-3-13-4-8/h1-4,7H,5-6H2,(H,17,18)(H2,14,15,19). The van der Waals surface area contributed by atoms with Crippen LogP contribution in [0.3, 0.4) is 0 Å². The van der Waals surface area contributed by atoms with Crippen LogP contribution in [0.2, 0.25) is 0 Å². The number of carbonyl (C=O) groups excluding carboxylic acids is 1. The number of hydrogen-bond acceptors (Lipinski definition) is 5. The molecule has 0 fully saturated rings. The zero-order valence-electron chi connectivity index (χ0n) is 10.4. The second kappa shape index (κ2) is 6.62. The SMILES string of the molecule is O=C(NCc1cccnc1)NCc1nc(C(=O)O)cs1. The number of hydrogen-bond donors (Lipinski definition) is 3. The first kappa shape index (κ1) is 13.9. The first-order valence-corrected chi connectivity index (χ1v) is 6.61. The van der Waals surface area contributed by atoms with Gasteiger partial charge >= 0.3 is 12.0 Å². The Bertz CT molecular complexity index is 600. The molecule has 0 saturated heterocycles. The molecule has 0 saturated carbocycles. The van der Waals surface area contributed by atoms with E-state index in [1.165, 1.54) is 16.7 Å². The van der Waals surface area contributed by atoms with Gasteiger partial charge in [-0.3, -0.25) is 4.98 Å². The van der Waals surface area contributed by atoms with E-state index in [-0.39, 0.29) is 18.3 Å². The van der Waals surface area contributed by atoms with Gasteiger partial charge in [-0.05, 0) is 11.6 Å². The molecule has 2 amide bonds. The largest absolute Gasteiger partial charge is 0.476 e. The van der Waals surface area contributed by atoms with E-state index < -0.39 is 5.97 Å². The van der Waals surface area contributed by atoms with Crippen molar-refractivity contribution in [2.45, 2.75) is 13.1 Å². The van der Waals surface area contributed by atoms with Gasteiger partial charge in [0.15, 0.2) is 5.69 Å². The van der Waals surface area contributed by atoms with Crippen molar-refractivity contribution in [1.82, 2.24) is 20.6 Å². The fourth-order valence-electron chi connectivity index (χ4n) is 1.39. The van der Waals surface area contributed by atoms with Crippen molar-refractivity contribution in [1.29, 1.82) is 0 Å².